The zero-order valence-corrected chi connectivity index (χ0v) is 11.4. The van der Waals surface area contributed by atoms with Crippen molar-refractivity contribution in [1.82, 2.24) is 9.97 Å². The van der Waals surface area contributed by atoms with Gasteiger partial charge in [0.15, 0.2) is 0 Å². The van der Waals surface area contributed by atoms with Crippen LogP contribution in [0.2, 0.25) is 5.02 Å². The molecule has 0 saturated carbocycles. The van der Waals surface area contributed by atoms with Crippen molar-refractivity contribution in [3.8, 4) is 11.6 Å². The lowest BCUT2D eigenvalue weighted by molar-refractivity contribution is 0.456. The Morgan fingerprint density at radius 2 is 1.75 bits per heavy atom. The number of ether oxygens (including phenoxy) is 1. The van der Waals surface area contributed by atoms with Crippen LogP contribution in [0, 0.1) is 12.7 Å². The van der Waals surface area contributed by atoms with Gasteiger partial charge >= 0.3 is 0 Å². The Morgan fingerprint density at radius 3 is 2.45 bits per heavy atom. The number of aromatic nitrogens is 2. The number of hydrogen-bond acceptors (Lipinski definition) is 3. The van der Waals surface area contributed by atoms with E-state index in [1.807, 2.05) is 24.3 Å². The van der Waals surface area contributed by atoms with E-state index < -0.39 is 5.82 Å². The molecule has 0 saturated heterocycles. The summed E-state index contributed by atoms with van der Waals surface area (Å²) in [5.74, 6) is 0.293. The van der Waals surface area contributed by atoms with Crippen LogP contribution in [0.1, 0.15) is 5.69 Å². The summed E-state index contributed by atoms with van der Waals surface area (Å²) in [6.07, 6.45) is 0. The molecule has 0 aliphatic carbocycles. The molecule has 0 aliphatic rings. The van der Waals surface area contributed by atoms with Crippen molar-refractivity contribution >= 4 is 22.6 Å². The van der Waals surface area contributed by atoms with Crippen LogP contribution in [0.15, 0.2) is 42.5 Å². The quantitative estimate of drug-likeness (QED) is 0.695. The summed E-state index contributed by atoms with van der Waals surface area (Å²) in [6, 6.07) is 11.4. The Hall–Kier alpha value is -2.20. The molecular formula is C15H10ClFN2O. The number of halogens is 2. The molecular weight excluding hydrogens is 279 g/mol. The summed E-state index contributed by atoms with van der Waals surface area (Å²) in [5, 5.41) is 0.194. The standard InChI is InChI=1S/C15H10ClFN2O/c1-9-15(19-13-5-3-2-4-12(13)18-9)20-14-7-6-10(17)8-11(14)16/h2-8H,1H3. The van der Waals surface area contributed by atoms with Gasteiger partial charge in [-0.2, -0.15) is 0 Å². The summed E-state index contributed by atoms with van der Waals surface area (Å²) >= 11 is 5.94. The van der Waals surface area contributed by atoms with E-state index in [0.29, 0.717) is 17.3 Å². The van der Waals surface area contributed by atoms with Crippen LogP contribution in [-0.4, -0.2) is 9.97 Å². The first-order valence-electron chi connectivity index (χ1n) is 6.00. The highest BCUT2D eigenvalue weighted by Crippen LogP contribution is 2.30. The summed E-state index contributed by atoms with van der Waals surface area (Å²) in [6.45, 7) is 1.80. The molecule has 0 amide bonds. The van der Waals surface area contributed by atoms with Crippen LogP contribution in [0.5, 0.6) is 11.6 Å². The highest BCUT2D eigenvalue weighted by molar-refractivity contribution is 6.32. The average Bonchev–Trinajstić information content (AvgIpc) is 2.42. The van der Waals surface area contributed by atoms with Crippen LogP contribution < -0.4 is 4.74 Å². The highest BCUT2D eigenvalue weighted by atomic mass is 35.5. The molecule has 0 atom stereocenters. The maximum atomic E-state index is 13.0. The molecule has 1 aromatic heterocycles. The Bertz CT molecular complexity index is 792. The van der Waals surface area contributed by atoms with Gasteiger partial charge in [0.25, 0.3) is 0 Å². The number of hydrogen-bond donors (Lipinski definition) is 0. The fraction of sp³-hybridized carbons (Fsp3) is 0.0667. The lowest BCUT2D eigenvalue weighted by atomic mass is 10.3. The van der Waals surface area contributed by atoms with E-state index in [1.54, 1.807) is 6.92 Å². The molecule has 0 spiro atoms. The van der Waals surface area contributed by atoms with Crippen LogP contribution >= 0.6 is 11.6 Å². The number of rotatable bonds is 2. The summed E-state index contributed by atoms with van der Waals surface area (Å²) < 4.78 is 18.6. The first kappa shape index (κ1) is 12.8. The van der Waals surface area contributed by atoms with Crippen LogP contribution in [0.25, 0.3) is 11.0 Å². The van der Waals surface area contributed by atoms with Crippen LogP contribution in [0.4, 0.5) is 4.39 Å². The van der Waals surface area contributed by atoms with Crippen molar-refractivity contribution in [2.75, 3.05) is 0 Å². The minimum atomic E-state index is -0.413. The SMILES string of the molecule is Cc1nc2ccccc2nc1Oc1ccc(F)cc1Cl. The molecule has 3 nitrogen and oxygen atoms in total. The number of para-hydroxylation sites is 2. The first-order valence-corrected chi connectivity index (χ1v) is 6.37. The number of aryl methyl sites for hydroxylation is 1. The Labute approximate surface area is 120 Å². The van der Waals surface area contributed by atoms with Gasteiger partial charge in [0, 0.05) is 0 Å². The third-order valence-corrected chi connectivity index (χ3v) is 3.10. The van der Waals surface area contributed by atoms with E-state index in [1.165, 1.54) is 18.2 Å². The van der Waals surface area contributed by atoms with Gasteiger partial charge in [0.05, 0.1) is 16.1 Å². The summed E-state index contributed by atoms with van der Waals surface area (Å²) in [5.41, 5.74) is 2.16. The van der Waals surface area contributed by atoms with Crippen molar-refractivity contribution < 1.29 is 9.13 Å². The number of fused-ring (bicyclic) bond motifs is 1. The maximum absolute atomic E-state index is 13.0. The Balaban J connectivity index is 2.03. The minimum absolute atomic E-state index is 0.194. The topological polar surface area (TPSA) is 35.0 Å². The molecule has 0 fully saturated rings. The molecule has 100 valence electrons. The van der Waals surface area contributed by atoms with Gasteiger partial charge < -0.3 is 4.74 Å². The van der Waals surface area contributed by atoms with Gasteiger partial charge in [-0.3, -0.25) is 0 Å². The molecule has 20 heavy (non-hydrogen) atoms. The maximum Gasteiger partial charge on any atom is 0.241 e. The normalized spacial score (nSPS) is 10.8. The van der Waals surface area contributed by atoms with Crippen molar-refractivity contribution in [2.45, 2.75) is 6.92 Å². The van der Waals surface area contributed by atoms with Gasteiger partial charge in [-0.25, -0.2) is 14.4 Å². The van der Waals surface area contributed by atoms with E-state index in [4.69, 9.17) is 16.3 Å². The fourth-order valence-electron chi connectivity index (χ4n) is 1.83. The monoisotopic (exact) mass is 288 g/mol. The largest absolute Gasteiger partial charge is 0.436 e. The molecule has 5 heteroatoms. The Morgan fingerprint density at radius 1 is 1.05 bits per heavy atom. The highest BCUT2D eigenvalue weighted by Gasteiger charge is 2.10. The Kier molecular flexibility index (Phi) is 3.24. The fourth-order valence-corrected chi connectivity index (χ4v) is 2.04. The zero-order chi connectivity index (χ0) is 14.1. The molecule has 2 aromatic carbocycles. The van der Waals surface area contributed by atoms with E-state index in [9.17, 15) is 4.39 Å². The van der Waals surface area contributed by atoms with Gasteiger partial charge in [-0.1, -0.05) is 23.7 Å². The molecule has 0 radical (unpaired) electrons. The van der Waals surface area contributed by atoms with E-state index in [-0.39, 0.29) is 5.02 Å². The summed E-state index contributed by atoms with van der Waals surface area (Å²) in [7, 11) is 0. The summed E-state index contributed by atoms with van der Waals surface area (Å²) in [4.78, 5) is 8.81. The second kappa shape index (κ2) is 5.06. The van der Waals surface area contributed by atoms with Crippen molar-refractivity contribution in [1.29, 1.82) is 0 Å². The molecule has 0 unspecified atom stereocenters. The smallest absolute Gasteiger partial charge is 0.241 e. The van der Waals surface area contributed by atoms with E-state index in [2.05, 4.69) is 9.97 Å². The van der Waals surface area contributed by atoms with Crippen LogP contribution in [0.3, 0.4) is 0 Å². The van der Waals surface area contributed by atoms with Gasteiger partial charge in [0.2, 0.25) is 5.88 Å². The van der Waals surface area contributed by atoms with E-state index in [0.717, 1.165) is 11.0 Å². The van der Waals surface area contributed by atoms with Gasteiger partial charge in [0.1, 0.15) is 17.3 Å². The van der Waals surface area contributed by atoms with Crippen molar-refractivity contribution in [3.05, 3.63) is 59.0 Å². The predicted molar refractivity (Wildman–Crippen MR) is 75.8 cm³/mol. The van der Waals surface area contributed by atoms with E-state index >= 15 is 0 Å². The van der Waals surface area contributed by atoms with Gasteiger partial charge in [-0.05, 0) is 37.3 Å². The second-order valence-electron chi connectivity index (χ2n) is 4.28. The molecule has 3 aromatic rings. The third kappa shape index (κ3) is 2.42. The number of benzene rings is 2. The van der Waals surface area contributed by atoms with Crippen molar-refractivity contribution in [2.24, 2.45) is 0 Å². The predicted octanol–water partition coefficient (Wildman–Crippen LogP) is 4.52. The molecule has 3 rings (SSSR count). The van der Waals surface area contributed by atoms with Crippen molar-refractivity contribution in [3.63, 3.8) is 0 Å². The lowest BCUT2D eigenvalue weighted by Crippen LogP contribution is -1.96. The zero-order valence-electron chi connectivity index (χ0n) is 10.6. The first-order chi connectivity index (χ1) is 9.63. The van der Waals surface area contributed by atoms with Gasteiger partial charge in [-0.15, -0.1) is 0 Å². The minimum Gasteiger partial charge on any atom is -0.436 e. The molecule has 0 bridgehead atoms. The number of nitrogens with zero attached hydrogens (tertiary/aromatic N) is 2. The lowest BCUT2D eigenvalue weighted by Gasteiger charge is -2.09. The third-order valence-electron chi connectivity index (χ3n) is 2.80. The molecule has 1 heterocycles. The van der Waals surface area contributed by atoms with Crippen LogP contribution in [-0.2, 0) is 0 Å². The molecule has 0 N–H and O–H groups in total. The average molecular weight is 289 g/mol. The second-order valence-corrected chi connectivity index (χ2v) is 4.69. The molecule has 0 aliphatic heterocycles.